The molecule has 0 bridgehead atoms. The predicted molar refractivity (Wildman–Crippen MR) is 86.6 cm³/mol. The smallest absolute Gasteiger partial charge is 0.338 e. The number of rotatable bonds is 4. The Kier molecular flexibility index (Phi) is 4.94. The number of ether oxygens (including phenoxy) is 1. The zero-order valence-corrected chi connectivity index (χ0v) is 12.8. The Bertz CT molecular complexity index is 675. The molecule has 2 rings (SSSR count). The summed E-state index contributed by atoms with van der Waals surface area (Å²) in [4.78, 5) is 11.6. The number of nitrogens with one attached hydrogen (secondary N) is 1. The normalized spacial score (nSPS) is 10.2. The molecule has 0 heterocycles. The van der Waals surface area contributed by atoms with Gasteiger partial charge >= 0.3 is 5.97 Å². The molecule has 0 unspecified atom stereocenters. The van der Waals surface area contributed by atoms with Gasteiger partial charge in [-0.1, -0.05) is 23.2 Å². The molecule has 6 heteroatoms. The van der Waals surface area contributed by atoms with Crippen LogP contribution < -0.4 is 11.1 Å². The van der Waals surface area contributed by atoms with Crippen LogP contribution in [0.5, 0.6) is 0 Å². The van der Waals surface area contributed by atoms with Gasteiger partial charge in [0, 0.05) is 5.69 Å². The monoisotopic (exact) mass is 324 g/mol. The number of hydrogen-bond acceptors (Lipinski definition) is 4. The van der Waals surface area contributed by atoms with Crippen molar-refractivity contribution in [2.24, 2.45) is 0 Å². The molecule has 3 N–H and O–H groups in total. The van der Waals surface area contributed by atoms with E-state index in [0.717, 1.165) is 5.69 Å². The van der Waals surface area contributed by atoms with E-state index < -0.39 is 5.97 Å². The molecular weight excluding hydrogens is 311 g/mol. The summed E-state index contributed by atoms with van der Waals surface area (Å²) in [6.07, 6.45) is 0. The first-order valence-electron chi connectivity index (χ1n) is 6.30. The van der Waals surface area contributed by atoms with E-state index in [2.05, 4.69) is 5.32 Å². The van der Waals surface area contributed by atoms with E-state index >= 15 is 0 Å². The summed E-state index contributed by atoms with van der Waals surface area (Å²) in [6.45, 7) is 2.07. The fraction of sp³-hybridized carbons (Fsp3) is 0.133. The lowest BCUT2D eigenvalue weighted by Crippen LogP contribution is -2.06. The van der Waals surface area contributed by atoms with Gasteiger partial charge in [0.1, 0.15) is 0 Å². The van der Waals surface area contributed by atoms with E-state index in [9.17, 15) is 4.79 Å². The minimum absolute atomic E-state index is 0.321. The van der Waals surface area contributed by atoms with Gasteiger partial charge in [0.2, 0.25) is 0 Å². The molecule has 0 aliphatic rings. The predicted octanol–water partition coefficient (Wildman–Crippen LogP) is 4.50. The summed E-state index contributed by atoms with van der Waals surface area (Å²) >= 11 is 11.8. The van der Waals surface area contributed by atoms with Gasteiger partial charge in [-0.05, 0) is 43.3 Å². The number of carbonyl (C=O) groups excluding carboxylic acids is 1. The number of anilines is 3. The van der Waals surface area contributed by atoms with Crippen molar-refractivity contribution < 1.29 is 9.53 Å². The average molecular weight is 325 g/mol. The van der Waals surface area contributed by atoms with Crippen molar-refractivity contribution in [2.75, 3.05) is 17.7 Å². The highest BCUT2D eigenvalue weighted by Gasteiger charge is 2.09. The van der Waals surface area contributed by atoms with Crippen LogP contribution in [-0.2, 0) is 4.74 Å². The van der Waals surface area contributed by atoms with E-state index in [1.54, 1.807) is 43.3 Å². The minimum atomic E-state index is -0.398. The SMILES string of the molecule is CCOC(=O)c1ccc(Nc2ccc(Cl)c(Cl)c2)c(N)c1. The maximum absolute atomic E-state index is 11.6. The van der Waals surface area contributed by atoms with Crippen LogP contribution in [0.15, 0.2) is 36.4 Å². The molecule has 0 saturated heterocycles. The van der Waals surface area contributed by atoms with Gasteiger partial charge in [0.15, 0.2) is 0 Å². The van der Waals surface area contributed by atoms with E-state index in [1.165, 1.54) is 0 Å². The minimum Gasteiger partial charge on any atom is -0.462 e. The molecule has 2 aromatic carbocycles. The van der Waals surface area contributed by atoms with Crippen LogP contribution in [0.25, 0.3) is 0 Å². The highest BCUT2D eigenvalue weighted by Crippen LogP contribution is 2.29. The summed E-state index contributed by atoms with van der Waals surface area (Å²) in [5.74, 6) is -0.398. The van der Waals surface area contributed by atoms with E-state index in [1.807, 2.05) is 0 Å². The second-order valence-corrected chi connectivity index (χ2v) is 5.09. The van der Waals surface area contributed by atoms with Crippen LogP contribution in [0.1, 0.15) is 17.3 Å². The standard InChI is InChI=1S/C15H14Cl2N2O2/c1-2-21-15(20)9-3-6-14(13(18)7-9)19-10-4-5-11(16)12(17)8-10/h3-8,19H,2,18H2,1H3. The second kappa shape index (κ2) is 6.70. The Morgan fingerprint density at radius 1 is 1.19 bits per heavy atom. The van der Waals surface area contributed by atoms with Gasteiger partial charge in [-0.3, -0.25) is 0 Å². The van der Waals surface area contributed by atoms with Gasteiger partial charge < -0.3 is 15.8 Å². The van der Waals surface area contributed by atoms with Crippen molar-refractivity contribution in [3.8, 4) is 0 Å². The maximum Gasteiger partial charge on any atom is 0.338 e. The highest BCUT2D eigenvalue weighted by atomic mass is 35.5. The van der Waals surface area contributed by atoms with Crippen LogP contribution >= 0.6 is 23.2 Å². The van der Waals surface area contributed by atoms with Crippen molar-refractivity contribution in [1.29, 1.82) is 0 Å². The second-order valence-electron chi connectivity index (χ2n) is 4.28. The van der Waals surface area contributed by atoms with Crippen LogP contribution in [0, 0.1) is 0 Å². The Balaban J connectivity index is 2.21. The quantitative estimate of drug-likeness (QED) is 0.642. The highest BCUT2D eigenvalue weighted by molar-refractivity contribution is 6.42. The Morgan fingerprint density at radius 3 is 2.57 bits per heavy atom. The molecule has 0 spiro atoms. The van der Waals surface area contributed by atoms with Gasteiger partial charge in [-0.25, -0.2) is 4.79 Å². The Morgan fingerprint density at radius 2 is 1.95 bits per heavy atom. The lowest BCUT2D eigenvalue weighted by molar-refractivity contribution is 0.0526. The molecule has 0 saturated carbocycles. The van der Waals surface area contributed by atoms with Crippen molar-refractivity contribution in [3.63, 3.8) is 0 Å². The fourth-order valence-electron chi connectivity index (χ4n) is 1.75. The van der Waals surface area contributed by atoms with E-state index in [4.69, 9.17) is 33.7 Å². The fourth-order valence-corrected chi connectivity index (χ4v) is 2.05. The molecule has 4 nitrogen and oxygen atoms in total. The van der Waals surface area contributed by atoms with Crippen molar-refractivity contribution in [1.82, 2.24) is 0 Å². The van der Waals surface area contributed by atoms with Gasteiger partial charge in [-0.15, -0.1) is 0 Å². The summed E-state index contributed by atoms with van der Waals surface area (Å²) < 4.78 is 4.92. The Labute approximate surface area is 132 Å². The Hall–Kier alpha value is -1.91. The average Bonchev–Trinajstić information content (AvgIpc) is 2.45. The van der Waals surface area contributed by atoms with E-state index in [-0.39, 0.29) is 0 Å². The van der Waals surface area contributed by atoms with Crippen LogP contribution in [0.4, 0.5) is 17.1 Å². The third kappa shape index (κ3) is 3.80. The number of nitrogen functional groups attached to an aromatic ring is 1. The molecule has 0 radical (unpaired) electrons. The van der Waals surface area contributed by atoms with Gasteiger partial charge in [-0.2, -0.15) is 0 Å². The lowest BCUT2D eigenvalue weighted by Gasteiger charge is -2.11. The van der Waals surface area contributed by atoms with Crippen molar-refractivity contribution in [3.05, 3.63) is 52.0 Å². The zero-order valence-electron chi connectivity index (χ0n) is 11.3. The van der Waals surface area contributed by atoms with Gasteiger partial charge in [0.25, 0.3) is 0 Å². The number of nitrogens with two attached hydrogens (primary N) is 1. The van der Waals surface area contributed by atoms with Crippen LogP contribution in [-0.4, -0.2) is 12.6 Å². The summed E-state index contributed by atoms with van der Waals surface area (Å²) in [5, 5.41) is 4.05. The maximum atomic E-state index is 11.6. The van der Waals surface area contributed by atoms with Crippen molar-refractivity contribution in [2.45, 2.75) is 6.92 Å². The molecular formula is C15H14Cl2N2O2. The van der Waals surface area contributed by atoms with Crippen LogP contribution in [0.3, 0.4) is 0 Å². The first-order valence-corrected chi connectivity index (χ1v) is 7.05. The third-order valence-corrected chi connectivity index (χ3v) is 3.50. The number of hydrogen-bond donors (Lipinski definition) is 2. The largest absolute Gasteiger partial charge is 0.462 e. The number of carbonyl (C=O) groups is 1. The van der Waals surface area contributed by atoms with Crippen molar-refractivity contribution >= 4 is 46.2 Å². The van der Waals surface area contributed by atoms with Gasteiger partial charge in [0.05, 0.1) is 33.6 Å². The zero-order chi connectivity index (χ0) is 15.4. The summed E-state index contributed by atoms with van der Waals surface area (Å²) in [7, 11) is 0. The number of esters is 1. The van der Waals surface area contributed by atoms with E-state index in [0.29, 0.717) is 33.6 Å². The lowest BCUT2D eigenvalue weighted by atomic mass is 10.1. The van der Waals surface area contributed by atoms with Crippen LogP contribution in [0.2, 0.25) is 10.0 Å². The molecule has 21 heavy (non-hydrogen) atoms. The topological polar surface area (TPSA) is 64.3 Å². The summed E-state index contributed by atoms with van der Waals surface area (Å²) in [6, 6.07) is 10.1. The number of benzene rings is 2. The molecule has 0 aromatic heterocycles. The first kappa shape index (κ1) is 15.5. The number of halogens is 2. The molecule has 0 amide bonds. The third-order valence-electron chi connectivity index (χ3n) is 2.76. The first-order chi connectivity index (χ1) is 10.0. The molecule has 0 aliphatic carbocycles. The molecule has 110 valence electrons. The summed E-state index contributed by atoms with van der Waals surface area (Å²) in [5.41, 5.74) is 8.21. The molecule has 0 atom stereocenters. The molecule has 0 aliphatic heterocycles. The molecule has 0 fully saturated rings. The molecule has 2 aromatic rings.